The topological polar surface area (TPSA) is 48.3 Å². The molecule has 2 aromatic carbocycles. The van der Waals surface area contributed by atoms with Crippen molar-refractivity contribution in [3.63, 3.8) is 0 Å². The van der Waals surface area contributed by atoms with Gasteiger partial charge in [0.15, 0.2) is 0 Å². The van der Waals surface area contributed by atoms with E-state index >= 15 is 0 Å². The Labute approximate surface area is 150 Å². The van der Waals surface area contributed by atoms with Crippen molar-refractivity contribution in [2.24, 2.45) is 0 Å². The van der Waals surface area contributed by atoms with Gasteiger partial charge in [-0.25, -0.2) is 0 Å². The predicted octanol–water partition coefficient (Wildman–Crippen LogP) is 3.49. The summed E-state index contributed by atoms with van der Waals surface area (Å²) in [5, 5.41) is 12.6. The fourth-order valence-electron chi connectivity index (χ4n) is 3.46. The van der Waals surface area contributed by atoms with Crippen molar-refractivity contribution in [1.82, 2.24) is 10.2 Å². The van der Waals surface area contributed by atoms with Crippen molar-refractivity contribution in [2.75, 3.05) is 26.7 Å². The molecule has 0 amide bonds. The van der Waals surface area contributed by atoms with E-state index in [1.807, 2.05) is 24.3 Å². The second-order valence-electron chi connectivity index (χ2n) is 6.48. The SMILES string of the molecule is COc1cccc(C(CNCc2cccc(C#N)c2)N2CCCC2)c1. The molecule has 0 aliphatic carbocycles. The van der Waals surface area contributed by atoms with Crippen LogP contribution < -0.4 is 10.1 Å². The molecule has 4 heteroatoms. The molecule has 1 N–H and O–H groups in total. The van der Waals surface area contributed by atoms with E-state index in [1.54, 1.807) is 7.11 Å². The molecular formula is C21H25N3O. The number of nitrogens with zero attached hydrogens (tertiary/aromatic N) is 2. The summed E-state index contributed by atoms with van der Waals surface area (Å²) >= 11 is 0. The molecule has 1 aliphatic heterocycles. The first-order valence-electron chi connectivity index (χ1n) is 8.88. The Balaban J connectivity index is 1.68. The van der Waals surface area contributed by atoms with Gasteiger partial charge in [-0.1, -0.05) is 24.3 Å². The maximum atomic E-state index is 9.03. The van der Waals surface area contributed by atoms with E-state index in [-0.39, 0.29) is 0 Å². The van der Waals surface area contributed by atoms with Gasteiger partial charge in [0.25, 0.3) is 0 Å². The van der Waals surface area contributed by atoms with Crippen molar-refractivity contribution >= 4 is 0 Å². The maximum Gasteiger partial charge on any atom is 0.119 e. The molecule has 1 aliphatic rings. The van der Waals surface area contributed by atoms with E-state index in [0.717, 1.165) is 37.5 Å². The molecule has 4 nitrogen and oxygen atoms in total. The van der Waals surface area contributed by atoms with Gasteiger partial charge in [-0.3, -0.25) is 4.90 Å². The average Bonchev–Trinajstić information content (AvgIpc) is 3.20. The number of likely N-dealkylation sites (tertiary alicyclic amines) is 1. The third-order valence-corrected chi connectivity index (χ3v) is 4.78. The van der Waals surface area contributed by atoms with Gasteiger partial charge >= 0.3 is 0 Å². The highest BCUT2D eigenvalue weighted by Crippen LogP contribution is 2.27. The van der Waals surface area contributed by atoms with Gasteiger partial charge in [-0.2, -0.15) is 5.26 Å². The summed E-state index contributed by atoms with van der Waals surface area (Å²) in [5.74, 6) is 0.906. The molecule has 25 heavy (non-hydrogen) atoms. The lowest BCUT2D eigenvalue weighted by atomic mass is 10.0. The van der Waals surface area contributed by atoms with Gasteiger partial charge in [0.1, 0.15) is 5.75 Å². The standard InChI is InChI=1S/C21H25N3O/c1-25-20-9-5-8-19(13-20)21(24-10-2-3-11-24)16-23-15-18-7-4-6-17(12-18)14-22/h4-9,12-13,21,23H,2-3,10-11,15-16H2,1H3. The highest BCUT2D eigenvalue weighted by molar-refractivity contribution is 5.33. The first-order chi connectivity index (χ1) is 12.3. The summed E-state index contributed by atoms with van der Waals surface area (Å²) in [7, 11) is 1.71. The number of nitriles is 1. The molecule has 0 aromatic heterocycles. The monoisotopic (exact) mass is 335 g/mol. The highest BCUT2D eigenvalue weighted by atomic mass is 16.5. The second-order valence-corrected chi connectivity index (χ2v) is 6.48. The van der Waals surface area contributed by atoms with Crippen LogP contribution in [0.4, 0.5) is 0 Å². The molecule has 2 aromatic rings. The van der Waals surface area contributed by atoms with E-state index in [1.165, 1.54) is 18.4 Å². The average molecular weight is 335 g/mol. The summed E-state index contributed by atoms with van der Waals surface area (Å²) in [6.45, 7) is 3.94. The lowest BCUT2D eigenvalue weighted by molar-refractivity contribution is 0.238. The van der Waals surface area contributed by atoms with Crippen LogP contribution in [0.2, 0.25) is 0 Å². The van der Waals surface area contributed by atoms with Crippen LogP contribution in [0.1, 0.15) is 35.6 Å². The lowest BCUT2D eigenvalue weighted by Gasteiger charge is -2.28. The van der Waals surface area contributed by atoms with Crippen LogP contribution in [0.25, 0.3) is 0 Å². The van der Waals surface area contributed by atoms with Crippen LogP contribution in [0.5, 0.6) is 5.75 Å². The Morgan fingerprint density at radius 1 is 1.16 bits per heavy atom. The zero-order valence-electron chi connectivity index (χ0n) is 14.7. The van der Waals surface area contributed by atoms with Gasteiger partial charge in [0.2, 0.25) is 0 Å². The summed E-state index contributed by atoms with van der Waals surface area (Å²) in [6.07, 6.45) is 2.54. The molecule has 0 spiro atoms. The highest BCUT2D eigenvalue weighted by Gasteiger charge is 2.23. The number of hydrogen-bond donors (Lipinski definition) is 1. The molecule has 1 fully saturated rings. The second kappa shape index (κ2) is 8.66. The Morgan fingerprint density at radius 3 is 2.72 bits per heavy atom. The number of methoxy groups -OCH3 is 1. The molecule has 1 saturated heterocycles. The fourth-order valence-corrected chi connectivity index (χ4v) is 3.46. The molecule has 1 unspecified atom stereocenters. The Bertz CT molecular complexity index is 732. The van der Waals surface area contributed by atoms with Crippen molar-refractivity contribution in [3.05, 3.63) is 65.2 Å². The minimum Gasteiger partial charge on any atom is -0.497 e. The Hall–Kier alpha value is -2.35. The van der Waals surface area contributed by atoms with Gasteiger partial charge in [0, 0.05) is 19.1 Å². The first kappa shape index (κ1) is 17.5. The third-order valence-electron chi connectivity index (χ3n) is 4.78. The largest absolute Gasteiger partial charge is 0.497 e. The minimum absolute atomic E-state index is 0.344. The number of hydrogen-bond acceptors (Lipinski definition) is 4. The van der Waals surface area contributed by atoms with Gasteiger partial charge in [0.05, 0.1) is 18.7 Å². The molecule has 0 radical (unpaired) electrons. The normalized spacial score (nSPS) is 15.7. The van der Waals surface area contributed by atoms with Gasteiger partial charge < -0.3 is 10.1 Å². The van der Waals surface area contributed by atoms with Crippen LogP contribution in [-0.4, -0.2) is 31.6 Å². The Kier molecular flexibility index (Phi) is 6.05. The number of nitrogens with one attached hydrogen (secondary N) is 1. The van der Waals surface area contributed by atoms with E-state index in [4.69, 9.17) is 10.00 Å². The molecule has 3 rings (SSSR count). The maximum absolute atomic E-state index is 9.03. The molecular weight excluding hydrogens is 310 g/mol. The molecule has 1 atom stereocenters. The van der Waals surface area contributed by atoms with Crippen molar-refractivity contribution in [1.29, 1.82) is 5.26 Å². The van der Waals surface area contributed by atoms with Crippen molar-refractivity contribution in [2.45, 2.75) is 25.4 Å². The summed E-state index contributed by atoms with van der Waals surface area (Å²) in [6, 6.07) is 18.7. The Morgan fingerprint density at radius 2 is 1.96 bits per heavy atom. The predicted molar refractivity (Wildman–Crippen MR) is 99.4 cm³/mol. The fraction of sp³-hybridized carbons (Fsp3) is 0.381. The minimum atomic E-state index is 0.344. The van der Waals surface area contributed by atoms with E-state index < -0.39 is 0 Å². The van der Waals surface area contributed by atoms with E-state index in [2.05, 4.69) is 40.6 Å². The van der Waals surface area contributed by atoms with E-state index in [9.17, 15) is 0 Å². The quantitative estimate of drug-likeness (QED) is 0.841. The van der Waals surface area contributed by atoms with E-state index in [0.29, 0.717) is 11.6 Å². The van der Waals surface area contributed by atoms with Crippen LogP contribution >= 0.6 is 0 Å². The van der Waals surface area contributed by atoms with Crippen LogP contribution in [0.3, 0.4) is 0 Å². The molecule has 0 saturated carbocycles. The summed E-state index contributed by atoms with van der Waals surface area (Å²) in [5.41, 5.74) is 3.15. The number of rotatable bonds is 7. The first-order valence-corrected chi connectivity index (χ1v) is 8.88. The van der Waals surface area contributed by atoms with Crippen LogP contribution in [0.15, 0.2) is 48.5 Å². The third kappa shape index (κ3) is 4.60. The summed E-state index contributed by atoms with van der Waals surface area (Å²) in [4.78, 5) is 2.55. The van der Waals surface area contributed by atoms with Crippen LogP contribution in [0, 0.1) is 11.3 Å². The molecule has 1 heterocycles. The van der Waals surface area contributed by atoms with Gasteiger partial charge in [-0.15, -0.1) is 0 Å². The zero-order valence-corrected chi connectivity index (χ0v) is 14.7. The molecule has 0 bridgehead atoms. The van der Waals surface area contributed by atoms with Crippen LogP contribution in [-0.2, 0) is 6.54 Å². The summed E-state index contributed by atoms with van der Waals surface area (Å²) < 4.78 is 5.40. The smallest absolute Gasteiger partial charge is 0.119 e. The van der Waals surface area contributed by atoms with Gasteiger partial charge in [-0.05, 0) is 61.3 Å². The molecule has 130 valence electrons. The number of benzene rings is 2. The lowest BCUT2D eigenvalue weighted by Crippen LogP contribution is -2.34. The van der Waals surface area contributed by atoms with Crippen molar-refractivity contribution in [3.8, 4) is 11.8 Å². The number of ether oxygens (including phenoxy) is 1. The zero-order chi connectivity index (χ0) is 17.5. The van der Waals surface area contributed by atoms with Crippen molar-refractivity contribution < 1.29 is 4.74 Å².